The lowest BCUT2D eigenvalue weighted by Crippen LogP contribution is -2.49. The number of nitrogens with two attached hydrogens (primary N) is 1. The molecule has 1 amide bonds. The number of carbonyl (C=O) groups is 1. The van der Waals surface area contributed by atoms with E-state index < -0.39 is 5.54 Å². The molecule has 0 aliphatic heterocycles. The predicted molar refractivity (Wildman–Crippen MR) is 63.7 cm³/mol. The van der Waals surface area contributed by atoms with E-state index >= 15 is 0 Å². The van der Waals surface area contributed by atoms with Crippen molar-refractivity contribution in [2.45, 2.75) is 32.9 Å². The van der Waals surface area contributed by atoms with Crippen molar-refractivity contribution in [2.24, 2.45) is 5.73 Å². The normalized spacial score (nSPS) is 11.3. The molecule has 0 aliphatic carbocycles. The van der Waals surface area contributed by atoms with Crippen molar-refractivity contribution in [3.63, 3.8) is 0 Å². The number of hydrogen-bond acceptors (Lipinski definition) is 3. The van der Waals surface area contributed by atoms with Crippen LogP contribution in [0.15, 0.2) is 18.2 Å². The summed E-state index contributed by atoms with van der Waals surface area (Å²) in [6.07, 6.45) is 0. The highest BCUT2D eigenvalue weighted by atomic mass is 16.2. The third-order valence-electron chi connectivity index (χ3n) is 2.24. The van der Waals surface area contributed by atoms with Gasteiger partial charge in [-0.25, -0.2) is 0 Å². The summed E-state index contributed by atoms with van der Waals surface area (Å²) in [5.41, 5.74) is 6.74. The minimum absolute atomic E-state index is 0.0872. The smallest absolute Gasteiger partial charge is 0.242 e. The van der Waals surface area contributed by atoms with Crippen LogP contribution < -0.4 is 5.73 Å². The second kappa shape index (κ2) is 4.61. The molecule has 1 heterocycles. The van der Waals surface area contributed by atoms with E-state index in [1.54, 1.807) is 25.8 Å². The van der Waals surface area contributed by atoms with Crippen molar-refractivity contribution >= 4 is 5.91 Å². The third-order valence-corrected chi connectivity index (χ3v) is 2.24. The molecule has 0 aliphatic rings. The Morgan fingerprint density at radius 3 is 2.62 bits per heavy atom. The first-order valence-electron chi connectivity index (χ1n) is 5.27. The van der Waals surface area contributed by atoms with Crippen LogP contribution >= 0.6 is 0 Å². The molecule has 1 aromatic heterocycles. The Morgan fingerprint density at radius 2 is 2.12 bits per heavy atom. The third kappa shape index (κ3) is 3.31. The summed E-state index contributed by atoms with van der Waals surface area (Å²) in [6.45, 7) is 5.82. The Morgan fingerprint density at radius 1 is 1.50 bits per heavy atom. The standard InChI is InChI=1S/C12H19N3O/c1-9-6-5-7-10(14-9)8-15(4)11(16)12(2,3)13/h5-7H,8,13H2,1-4H3. The fraction of sp³-hybridized carbons (Fsp3) is 0.500. The molecule has 0 spiro atoms. The summed E-state index contributed by atoms with van der Waals surface area (Å²) in [7, 11) is 1.74. The minimum Gasteiger partial charge on any atom is -0.338 e. The lowest BCUT2D eigenvalue weighted by Gasteiger charge is -2.25. The molecule has 1 aromatic rings. The van der Waals surface area contributed by atoms with Gasteiger partial charge >= 0.3 is 0 Å². The topological polar surface area (TPSA) is 59.2 Å². The molecule has 0 unspecified atom stereocenters. The van der Waals surface area contributed by atoms with Crippen molar-refractivity contribution in [3.05, 3.63) is 29.6 Å². The number of amides is 1. The number of hydrogen-bond donors (Lipinski definition) is 1. The predicted octanol–water partition coefficient (Wildman–Crippen LogP) is 1.09. The van der Waals surface area contributed by atoms with Gasteiger partial charge in [0.05, 0.1) is 17.8 Å². The molecule has 0 bridgehead atoms. The van der Waals surface area contributed by atoms with Gasteiger partial charge < -0.3 is 10.6 Å². The van der Waals surface area contributed by atoms with Crippen LogP contribution in [0.25, 0.3) is 0 Å². The molecule has 4 nitrogen and oxygen atoms in total. The van der Waals surface area contributed by atoms with E-state index in [9.17, 15) is 4.79 Å². The van der Waals surface area contributed by atoms with Crippen LogP contribution in [-0.2, 0) is 11.3 Å². The van der Waals surface area contributed by atoms with E-state index in [4.69, 9.17) is 5.73 Å². The lowest BCUT2D eigenvalue weighted by atomic mass is 10.1. The Bertz CT molecular complexity index is 382. The van der Waals surface area contributed by atoms with Crippen molar-refractivity contribution in [3.8, 4) is 0 Å². The molecule has 0 aromatic carbocycles. The Hall–Kier alpha value is -1.42. The summed E-state index contributed by atoms with van der Waals surface area (Å²) in [5, 5.41) is 0. The largest absolute Gasteiger partial charge is 0.338 e. The fourth-order valence-electron chi connectivity index (χ4n) is 1.49. The fourth-order valence-corrected chi connectivity index (χ4v) is 1.49. The summed E-state index contributed by atoms with van der Waals surface area (Å²) in [5.74, 6) is -0.0872. The average Bonchev–Trinajstić information content (AvgIpc) is 2.15. The number of nitrogens with zero attached hydrogens (tertiary/aromatic N) is 2. The van der Waals surface area contributed by atoms with Crippen LogP contribution in [0.1, 0.15) is 25.2 Å². The van der Waals surface area contributed by atoms with Gasteiger partial charge in [0, 0.05) is 12.7 Å². The molecule has 0 radical (unpaired) electrons. The summed E-state index contributed by atoms with van der Waals surface area (Å²) in [6, 6.07) is 5.77. The van der Waals surface area contributed by atoms with E-state index in [-0.39, 0.29) is 5.91 Å². The number of pyridine rings is 1. The average molecular weight is 221 g/mol. The SMILES string of the molecule is Cc1cccc(CN(C)C(=O)C(C)(C)N)n1. The molecule has 0 saturated carbocycles. The first kappa shape index (κ1) is 12.6. The maximum atomic E-state index is 11.8. The molecule has 88 valence electrons. The molecular formula is C12H19N3O. The van der Waals surface area contributed by atoms with Crippen molar-refractivity contribution in [1.82, 2.24) is 9.88 Å². The Labute approximate surface area is 96.5 Å². The van der Waals surface area contributed by atoms with Crippen molar-refractivity contribution in [1.29, 1.82) is 0 Å². The highest BCUT2D eigenvalue weighted by molar-refractivity contribution is 5.84. The van der Waals surface area contributed by atoms with E-state index in [0.29, 0.717) is 6.54 Å². The number of carbonyl (C=O) groups excluding carboxylic acids is 1. The van der Waals surface area contributed by atoms with Crippen molar-refractivity contribution in [2.75, 3.05) is 7.05 Å². The zero-order chi connectivity index (χ0) is 12.3. The lowest BCUT2D eigenvalue weighted by molar-refractivity contribution is -0.135. The number of aryl methyl sites for hydroxylation is 1. The van der Waals surface area contributed by atoms with Gasteiger partial charge in [-0.15, -0.1) is 0 Å². The van der Waals surface area contributed by atoms with Gasteiger partial charge in [-0.2, -0.15) is 0 Å². The monoisotopic (exact) mass is 221 g/mol. The molecule has 1 rings (SSSR count). The molecule has 16 heavy (non-hydrogen) atoms. The van der Waals surface area contributed by atoms with Crippen LogP contribution in [0, 0.1) is 6.92 Å². The van der Waals surface area contributed by atoms with Gasteiger partial charge in [0.15, 0.2) is 0 Å². The summed E-state index contributed by atoms with van der Waals surface area (Å²) in [4.78, 5) is 17.8. The first-order valence-corrected chi connectivity index (χ1v) is 5.27. The Balaban J connectivity index is 2.72. The van der Waals surface area contributed by atoms with Crippen LogP contribution in [-0.4, -0.2) is 28.4 Å². The summed E-state index contributed by atoms with van der Waals surface area (Å²) >= 11 is 0. The van der Waals surface area contributed by atoms with Crippen LogP contribution in [0.5, 0.6) is 0 Å². The Kier molecular flexibility index (Phi) is 3.65. The number of aromatic nitrogens is 1. The van der Waals surface area contributed by atoms with Gasteiger partial charge in [-0.05, 0) is 32.9 Å². The zero-order valence-corrected chi connectivity index (χ0v) is 10.3. The molecule has 0 fully saturated rings. The highest BCUT2D eigenvalue weighted by Gasteiger charge is 2.25. The van der Waals surface area contributed by atoms with Gasteiger partial charge in [-0.3, -0.25) is 9.78 Å². The van der Waals surface area contributed by atoms with Gasteiger partial charge in [0.25, 0.3) is 0 Å². The first-order chi connectivity index (χ1) is 7.30. The molecule has 2 N–H and O–H groups in total. The molecule has 0 saturated heterocycles. The van der Waals surface area contributed by atoms with Gasteiger partial charge in [-0.1, -0.05) is 6.07 Å². The van der Waals surface area contributed by atoms with E-state index in [0.717, 1.165) is 11.4 Å². The van der Waals surface area contributed by atoms with Crippen LogP contribution in [0.2, 0.25) is 0 Å². The quantitative estimate of drug-likeness (QED) is 0.831. The van der Waals surface area contributed by atoms with Gasteiger partial charge in [0.2, 0.25) is 5.91 Å². The van der Waals surface area contributed by atoms with Crippen LogP contribution in [0.4, 0.5) is 0 Å². The second-order valence-corrected chi connectivity index (χ2v) is 4.65. The molecular weight excluding hydrogens is 202 g/mol. The van der Waals surface area contributed by atoms with Gasteiger partial charge in [0.1, 0.15) is 0 Å². The van der Waals surface area contributed by atoms with E-state index in [1.807, 2.05) is 25.1 Å². The maximum absolute atomic E-state index is 11.8. The molecule has 0 atom stereocenters. The van der Waals surface area contributed by atoms with E-state index in [1.165, 1.54) is 0 Å². The molecule has 4 heteroatoms. The maximum Gasteiger partial charge on any atom is 0.242 e. The van der Waals surface area contributed by atoms with Crippen LogP contribution in [0.3, 0.4) is 0 Å². The van der Waals surface area contributed by atoms with E-state index in [2.05, 4.69) is 4.98 Å². The highest BCUT2D eigenvalue weighted by Crippen LogP contribution is 2.07. The van der Waals surface area contributed by atoms with Crippen molar-refractivity contribution < 1.29 is 4.79 Å². The summed E-state index contributed by atoms with van der Waals surface area (Å²) < 4.78 is 0. The minimum atomic E-state index is -0.835. The second-order valence-electron chi connectivity index (χ2n) is 4.65. The zero-order valence-electron chi connectivity index (χ0n) is 10.3. The number of rotatable bonds is 3. The number of likely N-dealkylation sites (N-methyl/N-ethyl adjacent to an activating group) is 1.